The van der Waals surface area contributed by atoms with Crippen LogP contribution in [0.4, 0.5) is 10.3 Å². The first-order valence-electron chi connectivity index (χ1n) is 11.5. The first-order chi connectivity index (χ1) is 18.5. The van der Waals surface area contributed by atoms with E-state index in [1.807, 2.05) is 23.1 Å². The Kier molecular flexibility index (Phi) is 6.45. The number of fused-ring (bicyclic) bond motifs is 2. The molecule has 12 heteroatoms. The highest BCUT2D eigenvalue weighted by molar-refractivity contribution is 7.39. The van der Waals surface area contributed by atoms with Crippen LogP contribution in [0.25, 0.3) is 22.4 Å². The van der Waals surface area contributed by atoms with Gasteiger partial charge in [0.1, 0.15) is 23.9 Å². The number of nitrogens with zero attached hydrogens (tertiary/aromatic N) is 7. The van der Waals surface area contributed by atoms with E-state index in [9.17, 15) is 4.39 Å². The maximum atomic E-state index is 13.6. The van der Waals surface area contributed by atoms with E-state index in [0.717, 1.165) is 27.6 Å². The van der Waals surface area contributed by atoms with Crippen molar-refractivity contribution in [2.24, 2.45) is 0 Å². The van der Waals surface area contributed by atoms with Gasteiger partial charge in [-0.25, -0.2) is 29.0 Å². The van der Waals surface area contributed by atoms with Gasteiger partial charge in [0.2, 0.25) is 5.95 Å². The highest BCUT2D eigenvalue weighted by Gasteiger charge is 2.22. The van der Waals surface area contributed by atoms with Gasteiger partial charge in [-0.05, 0) is 59.5 Å². The molecule has 1 aliphatic heterocycles. The molecule has 0 fully saturated rings. The summed E-state index contributed by atoms with van der Waals surface area (Å²) in [5.74, 6) is 6.86. The minimum Gasteiger partial charge on any atom is -0.332 e. The molecule has 3 aromatic heterocycles. The molecule has 6 rings (SSSR count). The quantitative estimate of drug-likeness (QED) is 0.261. The second kappa shape index (κ2) is 10.2. The molecule has 0 spiro atoms. The first-order valence-corrected chi connectivity index (χ1v) is 12.7. The van der Waals surface area contributed by atoms with Crippen molar-refractivity contribution in [3.8, 4) is 23.4 Å². The fourth-order valence-electron chi connectivity index (χ4n) is 4.15. The van der Waals surface area contributed by atoms with Crippen molar-refractivity contribution in [2.75, 3.05) is 4.90 Å². The number of anilines is 1. The van der Waals surface area contributed by atoms with Crippen LogP contribution in [0.15, 0.2) is 67.1 Å². The summed E-state index contributed by atoms with van der Waals surface area (Å²) in [6, 6.07) is 13.8. The van der Waals surface area contributed by atoms with Crippen LogP contribution in [0, 0.1) is 17.7 Å². The van der Waals surface area contributed by atoms with E-state index in [4.69, 9.17) is 14.3 Å². The molecule has 0 amide bonds. The number of hydrogen-bond acceptors (Lipinski definition) is 9. The summed E-state index contributed by atoms with van der Waals surface area (Å²) < 4.78 is 19.9. The number of benzene rings is 2. The number of halogens is 1. The number of hydrogen-bond donors (Lipinski definition) is 2. The summed E-state index contributed by atoms with van der Waals surface area (Å²) in [6.45, 7) is 1.07. The van der Waals surface area contributed by atoms with Crippen LogP contribution in [0.2, 0.25) is 0 Å². The Morgan fingerprint density at radius 1 is 0.947 bits per heavy atom. The Bertz CT molecular complexity index is 1720. The van der Waals surface area contributed by atoms with E-state index in [1.165, 1.54) is 10.7 Å². The van der Waals surface area contributed by atoms with Gasteiger partial charge in [0, 0.05) is 42.6 Å². The molecule has 2 aromatic carbocycles. The number of rotatable bonds is 5. The van der Waals surface area contributed by atoms with E-state index in [2.05, 4.69) is 36.9 Å². The zero-order valence-electron chi connectivity index (χ0n) is 19.7. The molecule has 5 aromatic rings. The monoisotopic (exact) mass is 527 g/mol. The van der Waals surface area contributed by atoms with Gasteiger partial charge in [0.05, 0.1) is 5.52 Å². The lowest BCUT2D eigenvalue weighted by atomic mass is 10.1. The van der Waals surface area contributed by atoms with Gasteiger partial charge in [0.15, 0.2) is 5.82 Å². The Balaban J connectivity index is 1.20. The molecular weight excluding hydrogens is 508 g/mol. The molecule has 0 radical (unpaired) electrons. The second-order valence-corrected chi connectivity index (χ2v) is 9.24. The molecule has 0 aliphatic carbocycles. The Hall–Kier alpha value is -4.33. The summed E-state index contributed by atoms with van der Waals surface area (Å²) >= 11 is 0. The molecule has 38 heavy (non-hydrogen) atoms. The summed E-state index contributed by atoms with van der Waals surface area (Å²) in [6.07, 6.45) is 5.03. The highest BCUT2D eigenvalue weighted by atomic mass is 31.2. The van der Waals surface area contributed by atoms with Gasteiger partial charge < -0.3 is 14.7 Å². The lowest BCUT2D eigenvalue weighted by molar-refractivity contribution is 0.187. The van der Waals surface area contributed by atoms with Gasteiger partial charge in [0.25, 0.3) is 0 Å². The van der Waals surface area contributed by atoms with Crippen molar-refractivity contribution >= 4 is 25.5 Å². The predicted molar refractivity (Wildman–Crippen MR) is 138 cm³/mol. The molecule has 0 saturated heterocycles. The third-order valence-corrected chi connectivity index (χ3v) is 6.24. The topological polar surface area (TPSA) is 122 Å². The molecular formula is C26H19FN7O3P. The normalized spacial score (nSPS) is 12.6. The maximum absolute atomic E-state index is 13.6. The van der Waals surface area contributed by atoms with E-state index in [1.54, 1.807) is 42.9 Å². The molecule has 2 N–H and O–H groups in total. The number of aromatic nitrogens is 6. The summed E-state index contributed by atoms with van der Waals surface area (Å²) in [7, 11) is -2.44. The summed E-state index contributed by atoms with van der Waals surface area (Å²) in [5, 5.41) is 5.16. The van der Waals surface area contributed by atoms with Crippen LogP contribution in [0.5, 0.6) is 0 Å². The van der Waals surface area contributed by atoms with Crippen molar-refractivity contribution in [3.05, 3.63) is 95.3 Å². The van der Waals surface area contributed by atoms with Crippen LogP contribution in [0.1, 0.15) is 22.4 Å². The van der Waals surface area contributed by atoms with Crippen molar-refractivity contribution in [2.45, 2.75) is 19.8 Å². The van der Waals surface area contributed by atoms with Gasteiger partial charge in [-0.1, -0.05) is 12.0 Å². The SMILES string of the molecule is OP(O)OCn1cc2cc(C#Cc3ccnc(-c4ccnc(N5Cc6ccc(F)cc6C5)n4)n3)ccc2n1. The molecule has 0 unspecified atom stereocenters. The fourth-order valence-corrected chi connectivity index (χ4v) is 4.37. The van der Waals surface area contributed by atoms with Crippen molar-refractivity contribution < 1.29 is 18.7 Å². The Morgan fingerprint density at radius 3 is 2.71 bits per heavy atom. The third-order valence-electron chi connectivity index (χ3n) is 5.89. The van der Waals surface area contributed by atoms with Gasteiger partial charge in [-0.2, -0.15) is 5.10 Å². The van der Waals surface area contributed by atoms with Gasteiger partial charge in [-0.3, -0.25) is 4.52 Å². The average molecular weight is 527 g/mol. The van der Waals surface area contributed by atoms with Crippen molar-refractivity contribution in [1.82, 2.24) is 29.7 Å². The lowest BCUT2D eigenvalue weighted by Gasteiger charge is -2.15. The van der Waals surface area contributed by atoms with Crippen LogP contribution in [-0.4, -0.2) is 39.5 Å². The Morgan fingerprint density at radius 2 is 1.82 bits per heavy atom. The molecule has 1 aliphatic rings. The van der Waals surface area contributed by atoms with Crippen LogP contribution >= 0.6 is 8.60 Å². The van der Waals surface area contributed by atoms with Gasteiger partial charge in [-0.15, -0.1) is 0 Å². The van der Waals surface area contributed by atoms with Crippen LogP contribution in [0.3, 0.4) is 0 Å². The maximum Gasteiger partial charge on any atom is 0.328 e. The zero-order chi connectivity index (χ0) is 26.1. The molecule has 0 bridgehead atoms. The molecule has 0 saturated carbocycles. The van der Waals surface area contributed by atoms with E-state index >= 15 is 0 Å². The highest BCUT2D eigenvalue weighted by Crippen LogP contribution is 2.28. The minimum atomic E-state index is -2.44. The summed E-state index contributed by atoms with van der Waals surface area (Å²) in [4.78, 5) is 37.8. The molecule has 10 nitrogen and oxygen atoms in total. The molecule has 0 atom stereocenters. The van der Waals surface area contributed by atoms with Crippen LogP contribution in [-0.2, 0) is 24.3 Å². The predicted octanol–water partition coefficient (Wildman–Crippen LogP) is 3.53. The molecule has 4 heterocycles. The zero-order valence-corrected chi connectivity index (χ0v) is 20.6. The largest absolute Gasteiger partial charge is 0.332 e. The third kappa shape index (κ3) is 5.20. The molecule has 188 valence electrons. The fraction of sp³-hybridized carbons (Fsp3) is 0.115. The van der Waals surface area contributed by atoms with Gasteiger partial charge >= 0.3 is 8.60 Å². The first kappa shape index (κ1) is 24.0. The second-order valence-electron chi connectivity index (χ2n) is 8.48. The summed E-state index contributed by atoms with van der Waals surface area (Å²) in [5.41, 5.74) is 4.57. The standard InChI is InChI=1S/C26H19FN7O3P/c27-21-4-3-18-13-33(14-19(18)12-21)26-29-10-8-24(31-26)25-28-9-7-22(30-25)5-1-17-2-6-23-20(11-17)15-34(32-23)16-37-38(35)36/h2-4,6-12,15,35-36H,13-14,16H2. The lowest BCUT2D eigenvalue weighted by Crippen LogP contribution is -2.17. The average Bonchev–Trinajstić information content (AvgIpc) is 3.54. The minimum absolute atomic E-state index is 0.0634. The van der Waals surface area contributed by atoms with Crippen molar-refractivity contribution in [3.63, 3.8) is 0 Å². The van der Waals surface area contributed by atoms with Crippen LogP contribution < -0.4 is 4.90 Å². The van der Waals surface area contributed by atoms with E-state index < -0.39 is 8.60 Å². The Labute approximate surface area is 217 Å². The van der Waals surface area contributed by atoms with E-state index in [0.29, 0.717) is 36.3 Å². The smallest absolute Gasteiger partial charge is 0.328 e. The van der Waals surface area contributed by atoms with E-state index in [-0.39, 0.29) is 12.5 Å². The van der Waals surface area contributed by atoms with Crippen molar-refractivity contribution in [1.29, 1.82) is 0 Å².